The van der Waals surface area contributed by atoms with Crippen LogP contribution in [0.3, 0.4) is 0 Å². The summed E-state index contributed by atoms with van der Waals surface area (Å²) in [5, 5.41) is 0. The summed E-state index contributed by atoms with van der Waals surface area (Å²) in [6, 6.07) is 4.58. The van der Waals surface area contributed by atoms with Crippen molar-refractivity contribution in [2.75, 3.05) is 33.5 Å². The Hall–Kier alpha value is -2.25. The topological polar surface area (TPSA) is 60.5 Å². The first-order chi connectivity index (χ1) is 14.7. The molecule has 7 heteroatoms. The first kappa shape index (κ1) is 18.5. The fraction of sp³-hybridized carbons (Fsp3) is 0.609. The smallest absolute Gasteiger partial charge is 0.410 e. The monoisotopic (exact) mass is 412 g/mol. The van der Waals surface area contributed by atoms with Gasteiger partial charge in [-0.1, -0.05) is 6.08 Å². The minimum Gasteiger partial charge on any atom is -0.454 e. The van der Waals surface area contributed by atoms with Crippen molar-refractivity contribution in [3.05, 3.63) is 34.9 Å². The van der Waals surface area contributed by atoms with Crippen LogP contribution in [0.4, 0.5) is 4.79 Å². The predicted octanol–water partition coefficient (Wildman–Crippen LogP) is 3.03. The highest BCUT2D eigenvalue weighted by molar-refractivity contribution is 5.68. The van der Waals surface area contributed by atoms with Gasteiger partial charge >= 0.3 is 6.09 Å². The molecule has 6 rings (SSSR count). The van der Waals surface area contributed by atoms with Crippen molar-refractivity contribution in [3.63, 3.8) is 0 Å². The first-order valence-corrected chi connectivity index (χ1v) is 11.1. The summed E-state index contributed by atoms with van der Waals surface area (Å²) < 4.78 is 23.0. The predicted molar refractivity (Wildman–Crippen MR) is 109 cm³/mol. The summed E-state index contributed by atoms with van der Waals surface area (Å²) in [4.78, 5) is 17.1. The van der Waals surface area contributed by atoms with E-state index in [1.165, 1.54) is 23.1 Å². The Labute approximate surface area is 176 Å². The van der Waals surface area contributed by atoms with Crippen molar-refractivity contribution in [3.8, 4) is 11.5 Å². The van der Waals surface area contributed by atoms with E-state index in [4.69, 9.17) is 18.9 Å². The average Bonchev–Trinajstić information content (AvgIpc) is 3.35. The van der Waals surface area contributed by atoms with Crippen molar-refractivity contribution < 1.29 is 23.7 Å². The van der Waals surface area contributed by atoms with Gasteiger partial charge in [-0.25, -0.2) is 4.79 Å². The van der Waals surface area contributed by atoms with Gasteiger partial charge in [0, 0.05) is 51.7 Å². The number of carbonyl (C=O) groups is 1. The second-order valence-corrected chi connectivity index (χ2v) is 8.97. The van der Waals surface area contributed by atoms with E-state index in [1.807, 2.05) is 4.90 Å². The van der Waals surface area contributed by atoms with Gasteiger partial charge in [-0.05, 0) is 48.1 Å². The largest absolute Gasteiger partial charge is 0.454 e. The molecule has 0 aromatic heterocycles. The zero-order valence-electron chi connectivity index (χ0n) is 17.3. The van der Waals surface area contributed by atoms with Crippen molar-refractivity contribution in [1.29, 1.82) is 0 Å². The van der Waals surface area contributed by atoms with E-state index in [2.05, 4.69) is 23.1 Å². The molecule has 1 aliphatic carbocycles. The number of rotatable bonds is 2. The van der Waals surface area contributed by atoms with E-state index in [9.17, 15) is 4.79 Å². The lowest BCUT2D eigenvalue weighted by atomic mass is 9.82. The molecular weight excluding hydrogens is 384 g/mol. The quantitative estimate of drug-likeness (QED) is 0.696. The number of carbonyl (C=O) groups excluding carboxylic acids is 1. The molecule has 160 valence electrons. The third kappa shape index (κ3) is 2.90. The SMILES string of the molecule is CO[C@H]1C=C2[C@H]3CN(Cc4cc5c(cc43)OCO5)[C@H]2C[C@@H]1OC(=O)N1CCCCC1. The van der Waals surface area contributed by atoms with Crippen LogP contribution < -0.4 is 9.47 Å². The summed E-state index contributed by atoms with van der Waals surface area (Å²) in [6.45, 7) is 3.77. The number of nitrogens with zero attached hydrogens (tertiary/aromatic N) is 2. The van der Waals surface area contributed by atoms with Crippen LogP contribution in [0, 0.1) is 0 Å². The molecule has 2 fully saturated rings. The molecule has 1 aromatic rings. The molecule has 1 unspecified atom stereocenters. The van der Waals surface area contributed by atoms with Crippen LogP contribution in [0.1, 0.15) is 42.7 Å². The zero-order chi connectivity index (χ0) is 20.2. The van der Waals surface area contributed by atoms with Gasteiger partial charge < -0.3 is 23.8 Å². The number of hydrogen-bond donors (Lipinski definition) is 0. The first-order valence-electron chi connectivity index (χ1n) is 11.1. The number of fused-ring (bicyclic) bond motifs is 8. The number of amides is 1. The van der Waals surface area contributed by atoms with Gasteiger partial charge in [0.25, 0.3) is 0 Å². The van der Waals surface area contributed by atoms with E-state index in [1.54, 1.807) is 7.11 Å². The molecule has 5 aliphatic rings. The number of likely N-dealkylation sites (tertiary alicyclic amines) is 1. The van der Waals surface area contributed by atoms with Crippen LogP contribution in [0.25, 0.3) is 0 Å². The summed E-state index contributed by atoms with van der Waals surface area (Å²) in [5.74, 6) is 2.03. The second kappa shape index (κ2) is 7.17. The maximum atomic E-state index is 12.7. The highest BCUT2D eigenvalue weighted by Gasteiger charge is 2.48. The Morgan fingerprint density at radius 3 is 2.73 bits per heavy atom. The second-order valence-electron chi connectivity index (χ2n) is 8.97. The fourth-order valence-electron chi connectivity index (χ4n) is 5.82. The van der Waals surface area contributed by atoms with Gasteiger partial charge in [-0.3, -0.25) is 4.90 Å². The molecule has 30 heavy (non-hydrogen) atoms. The van der Waals surface area contributed by atoms with E-state index >= 15 is 0 Å². The van der Waals surface area contributed by atoms with Gasteiger partial charge in [-0.15, -0.1) is 0 Å². The van der Waals surface area contributed by atoms with E-state index in [-0.39, 0.29) is 24.3 Å². The molecule has 5 atom stereocenters. The molecule has 0 spiro atoms. The molecule has 4 aliphatic heterocycles. The number of benzene rings is 1. The Morgan fingerprint density at radius 1 is 1.13 bits per heavy atom. The van der Waals surface area contributed by atoms with Crippen LogP contribution in [0.15, 0.2) is 23.8 Å². The van der Waals surface area contributed by atoms with Crippen LogP contribution in [-0.2, 0) is 16.0 Å². The van der Waals surface area contributed by atoms with Crippen molar-refractivity contribution >= 4 is 6.09 Å². The molecule has 0 N–H and O–H groups in total. The fourth-order valence-corrected chi connectivity index (χ4v) is 5.82. The van der Waals surface area contributed by atoms with Crippen LogP contribution >= 0.6 is 0 Å². The van der Waals surface area contributed by atoms with Gasteiger partial charge in [0.15, 0.2) is 11.5 Å². The lowest BCUT2D eigenvalue weighted by Gasteiger charge is -2.36. The molecule has 0 saturated carbocycles. The normalized spacial score (nSPS) is 33.6. The van der Waals surface area contributed by atoms with Gasteiger partial charge in [0.1, 0.15) is 12.2 Å². The van der Waals surface area contributed by atoms with Crippen molar-refractivity contribution in [2.45, 2.75) is 56.4 Å². The Morgan fingerprint density at radius 2 is 1.93 bits per heavy atom. The number of ether oxygens (including phenoxy) is 4. The van der Waals surface area contributed by atoms with Gasteiger partial charge in [0.2, 0.25) is 6.79 Å². The molecule has 0 radical (unpaired) electrons. The minimum atomic E-state index is -0.252. The molecule has 7 nitrogen and oxygen atoms in total. The molecule has 2 bridgehead atoms. The van der Waals surface area contributed by atoms with Gasteiger partial charge in [0.05, 0.1) is 0 Å². The summed E-state index contributed by atoms with van der Waals surface area (Å²) in [5.41, 5.74) is 4.04. The van der Waals surface area contributed by atoms with Crippen LogP contribution in [0.5, 0.6) is 11.5 Å². The molecule has 1 aromatic carbocycles. The number of piperidine rings is 1. The standard InChI is InChI=1S/C23H28N2O5/c1-27-19-9-16-17-12-25(11-14-7-20-21(8-15(14)17)29-13-28-20)18(16)10-22(19)30-23(26)24-5-3-2-4-6-24/h7-9,17-19,22H,2-6,10-13H2,1H3/t17-,18-,19-,22-/m0/s1. The maximum Gasteiger partial charge on any atom is 0.410 e. The highest BCUT2D eigenvalue weighted by Crippen LogP contribution is 2.50. The minimum absolute atomic E-state index is 0.191. The van der Waals surface area contributed by atoms with Crippen LogP contribution in [-0.4, -0.2) is 67.7 Å². The van der Waals surface area contributed by atoms with E-state index < -0.39 is 0 Å². The summed E-state index contributed by atoms with van der Waals surface area (Å²) >= 11 is 0. The van der Waals surface area contributed by atoms with Crippen molar-refractivity contribution in [2.24, 2.45) is 0 Å². The average molecular weight is 412 g/mol. The zero-order valence-corrected chi connectivity index (χ0v) is 17.3. The number of hydrogen-bond acceptors (Lipinski definition) is 6. The molecule has 4 heterocycles. The van der Waals surface area contributed by atoms with Gasteiger partial charge in [-0.2, -0.15) is 0 Å². The summed E-state index contributed by atoms with van der Waals surface area (Å²) in [6.07, 6.45) is 5.66. The highest BCUT2D eigenvalue weighted by atomic mass is 16.7. The Kier molecular flexibility index (Phi) is 4.42. The Bertz CT molecular complexity index is 894. The third-order valence-electron chi connectivity index (χ3n) is 7.35. The molecule has 2 saturated heterocycles. The van der Waals surface area contributed by atoms with E-state index in [0.717, 1.165) is 56.9 Å². The number of methoxy groups -OCH3 is 1. The maximum absolute atomic E-state index is 12.7. The lowest BCUT2D eigenvalue weighted by Crippen LogP contribution is -2.46. The van der Waals surface area contributed by atoms with Crippen LogP contribution in [0.2, 0.25) is 0 Å². The Balaban J connectivity index is 1.26. The lowest BCUT2D eigenvalue weighted by molar-refractivity contribution is -0.0295. The molecule has 1 amide bonds. The van der Waals surface area contributed by atoms with E-state index in [0.29, 0.717) is 12.7 Å². The van der Waals surface area contributed by atoms with Crippen molar-refractivity contribution in [1.82, 2.24) is 9.80 Å². The third-order valence-corrected chi connectivity index (χ3v) is 7.35. The molecular formula is C23H28N2O5. The summed E-state index contributed by atoms with van der Waals surface area (Å²) in [7, 11) is 1.71.